The maximum atomic E-state index is 12.1. The van der Waals surface area contributed by atoms with Gasteiger partial charge < -0.3 is 4.74 Å². The summed E-state index contributed by atoms with van der Waals surface area (Å²) in [6.45, 7) is 1.71. The van der Waals surface area contributed by atoms with E-state index in [9.17, 15) is 4.79 Å². The molecular formula is C27H35NO2. The Morgan fingerprint density at radius 3 is 2.43 bits per heavy atom. The second-order valence-corrected chi connectivity index (χ2v) is 9.26. The number of Topliss-reactive ketones (excluding diaryl/α,β-unsaturated/α-hetero) is 1. The summed E-state index contributed by atoms with van der Waals surface area (Å²) in [6, 6.07) is 18.9. The Morgan fingerprint density at radius 2 is 1.70 bits per heavy atom. The molecule has 2 aromatic carbocycles. The molecular weight excluding hydrogens is 370 g/mol. The van der Waals surface area contributed by atoms with Gasteiger partial charge in [0.1, 0.15) is 18.1 Å². The quantitative estimate of drug-likeness (QED) is 0.556. The Labute approximate surface area is 181 Å². The van der Waals surface area contributed by atoms with Crippen molar-refractivity contribution in [3.63, 3.8) is 0 Å². The van der Waals surface area contributed by atoms with E-state index in [1.165, 1.54) is 43.2 Å². The molecule has 2 aliphatic carbocycles. The molecule has 0 amide bonds. The Morgan fingerprint density at radius 1 is 0.967 bits per heavy atom. The van der Waals surface area contributed by atoms with Gasteiger partial charge in [0, 0.05) is 24.9 Å². The summed E-state index contributed by atoms with van der Waals surface area (Å²) in [5.41, 5.74) is 2.42. The first-order valence-electron chi connectivity index (χ1n) is 11.7. The first kappa shape index (κ1) is 21.1. The highest BCUT2D eigenvalue weighted by Gasteiger charge is 2.40. The second kappa shape index (κ2) is 9.78. The number of benzene rings is 2. The van der Waals surface area contributed by atoms with Gasteiger partial charge in [-0.3, -0.25) is 9.69 Å². The Bertz CT molecular complexity index is 816. The van der Waals surface area contributed by atoms with Gasteiger partial charge >= 0.3 is 0 Å². The lowest BCUT2D eigenvalue weighted by molar-refractivity contribution is -0.123. The van der Waals surface area contributed by atoms with Gasteiger partial charge in [-0.2, -0.15) is 0 Å². The van der Waals surface area contributed by atoms with Gasteiger partial charge in [-0.15, -0.1) is 0 Å². The lowest BCUT2D eigenvalue weighted by Gasteiger charge is -2.46. The second-order valence-electron chi connectivity index (χ2n) is 9.26. The van der Waals surface area contributed by atoms with Crippen molar-refractivity contribution in [2.75, 3.05) is 13.6 Å². The van der Waals surface area contributed by atoms with E-state index < -0.39 is 0 Å². The average molecular weight is 406 g/mol. The van der Waals surface area contributed by atoms with Gasteiger partial charge in [0.25, 0.3) is 0 Å². The number of nitrogens with zero attached hydrogens (tertiary/aromatic N) is 1. The van der Waals surface area contributed by atoms with Crippen molar-refractivity contribution in [1.29, 1.82) is 0 Å². The smallest absolute Gasteiger partial charge is 0.133 e. The minimum absolute atomic E-state index is 0.0581. The number of hydrogen-bond donors (Lipinski definition) is 0. The largest absolute Gasteiger partial charge is 0.489 e. The molecule has 160 valence electrons. The van der Waals surface area contributed by atoms with Crippen LogP contribution in [-0.4, -0.2) is 24.3 Å². The number of carbonyl (C=O) groups excluding carboxylic acids is 1. The molecule has 2 aromatic rings. The first-order chi connectivity index (χ1) is 14.7. The highest BCUT2D eigenvalue weighted by molar-refractivity contribution is 5.79. The average Bonchev–Trinajstić information content (AvgIpc) is 2.80. The fraction of sp³-hybridized carbons (Fsp3) is 0.519. The van der Waals surface area contributed by atoms with Crippen LogP contribution in [-0.2, 0) is 16.9 Å². The van der Waals surface area contributed by atoms with E-state index in [4.69, 9.17) is 4.74 Å². The number of ether oxygens (including phenoxy) is 1. The standard InChI is InChI=1S/C27H35NO2/c1-28(20-22-9-4-2-5-10-22)27(17-15-25(29)16-18-27)24-13-8-14-26(19-24)30-21-23-11-6-3-7-12-23/h3,6-8,11-14,19,22H,2,4-5,9-10,15-18,20-21H2,1H3. The molecule has 3 heteroatoms. The van der Waals surface area contributed by atoms with Crippen molar-refractivity contribution in [2.24, 2.45) is 5.92 Å². The molecule has 0 spiro atoms. The third kappa shape index (κ3) is 4.95. The molecule has 0 atom stereocenters. The molecule has 4 rings (SSSR count). The van der Waals surface area contributed by atoms with E-state index >= 15 is 0 Å². The zero-order valence-corrected chi connectivity index (χ0v) is 18.3. The van der Waals surface area contributed by atoms with Crippen LogP contribution in [0.15, 0.2) is 54.6 Å². The van der Waals surface area contributed by atoms with Crippen molar-refractivity contribution >= 4 is 5.78 Å². The van der Waals surface area contributed by atoms with Gasteiger partial charge in [-0.25, -0.2) is 0 Å². The van der Waals surface area contributed by atoms with E-state index in [0.29, 0.717) is 25.2 Å². The fourth-order valence-electron chi connectivity index (χ4n) is 5.38. The number of rotatable bonds is 7. The van der Waals surface area contributed by atoms with Crippen LogP contribution in [0.4, 0.5) is 0 Å². The van der Waals surface area contributed by atoms with Crippen molar-refractivity contribution in [2.45, 2.75) is 69.9 Å². The van der Waals surface area contributed by atoms with E-state index in [1.807, 2.05) is 18.2 Å². The van der Waals surface area contributed by atoms with Crippen LogP contribution < -0.4 is 4.74 Å². The van der Waals surface area contributed by atoms with Crippen LogP contribution in [0, 0.1) is 5.92 Å². The molecule has 0 radical (unpaired) electrons. The Hall–Kier alpha value is -2.13. The third-order valence-electron chi connectivity index (χ3n) is 7.24. The lowest BCUT2D eigenvalue weighted by atomic mass is 9.74. The summed E-state index contributed by atoms with van der Waals surface area (Å²) in [4.78, 5) is 14.7. The molecule has 2 aliphatic rings. The molecule has 2 saturated carbocycles. The van der Waals surface area contributed by atoms with Crippen molar-refractivity contribution < 1.29 is 9.53 Å². The maximum absolute atomic E-state index is 12.1. The number of ketones is 1. The Balaban J connectivity index is 1.53. The van der Waals surface area contributed by atoms with Gasteiger partial charge in [-0.05, 0) is 61.9 Å². The molecule has 0 unspecified atom stereocenters. The normalized spacial score (nSPS) is 19.7. The molecule has 2 fully saturated rings. The first-order valence-corrected chi connectivity index (χ1v) is 11.7. The predicted octanol–water partition coefficient (Wildman–Crippen LogP) is 6.12. The molecule has 0 heterocycles. The molecule has 0 bridgehead atoms. The molecule has 3 nitrogen and oxygen atoms in total. The molecule has 0 N–H and O–H groups in total. The van der Waals surface area contributed by atoms with Crippen LogP contribution >= 0.6 is 0 Å². The molecule has 0 aliphatic heterocycles. The van der Waals surface area contributed by atoms with Crippen LogP contribution in [0.2, 0.25) is 0 Å². The molecule has 0 aromatic heterocycles. The van der Waals surface area contributed by atoms with Gasteiger partial charge in [0.05, 0.1) is 0 Å². The monoisotopic (exact) mass is 405 g/mol. The summed E-state index contributed by atoms with van der Waals surface area (Å²) in [6.07, 6.45) is 10.0. The zero-order chi connectivity index (χ0) is 20.8. The van der Waals surface area contributed by atoms with Crippen molar-refractivity contribution in [3.05, 3.63) is 65.7 Å². The van der Waals surface area contributed by atoms with E-state index in [1.54, 1.807) is 0 Å². The molecule has 0 saturated heterocycles. The highest BCUT2D eigenvalue weighted by atomic mass is 16.5. The fourth-order valence-corrected chi connectivity index (χ4v) is 5.38. The minimum Gasteiger partial charge on any atom is -0.489 e. The number of hydrogen-bond acceptors (Lipinski definition) is 3. The van der Waals surface area contributed by atoms with Crippen molar-refractivity contribution in [1.82, 2.24) is 4.90 Å². The zero-order valence-electron chi connectivity index (χ0n) is 18.3. The van der Waals surface area contributed by atoms with Crippen LogP contribution in [0.25, 0.3) is 0 Å². The highest BCUT2D eigenvalue weighted by Crippen LogP contribution is 2.42. The van der Waals surface area contributed by atoms with Crippen molar-refractivity contribution in [3.8, 4) is 5.75 Å². The van der Waals surface area contributed by atoms with Crippen LogP contribution in [0.5, 0.6) is 5.75 Å². The van der Waals surface area contributed by atoms with Gasteiger partial charge in [0.2, 0.25) is 0 Å². The molecule has 30 heavy (non-hydrogen) atoms. The topological polar surface area (TPSA) is 29.5 Å². The minimum atomic E-state index is -0.0581. The summed E-state index contributed by atoms with van der Waals surface area (Å²) >= 11 is 0. The summed E-state index contributed by atoms with van der Waals surface area (Å²) in [5, 5.41) is 0. The van der Waals surface area contributed by atoms with Gasteiger partial charge in [-0.1, -0.05) is 61.7 Å². The van der Waals surface area contributed by atoms with Gasteiger partial charge in [0.15, 0.2) is 0 Å². The van der Waals surface area contributed by atoms with Crippen LogP contribution in [0.1, 0.15) is 68.9 Å². The Kier molecular flexibility index (Phi) is 6.89. The third-order valence-corrected chi connectivity index (χ3v) is 7.24. The van der Waals surface area contributed by atoms with Crippen LogP contribution in [0.3, 0.4) is 0 Å². The SMILES string of the molecule is CN(CC1CCCCC1)C1(c2cccc(OCc3ccccc3)c2)CCC(=O)CC1. The summed E-state index contributed by atoms with van der Waals surface area (Å²) < 4.78 is 6.13. The van der Waals surface area contributed by atoms with E-state index in [-0.39, 0.29) is 5.54 Å². The van der Waals surface area contributed by atoms with E-state index in [0.717, 1.165) is 31.1 Å². The number of carbonyl (C=O) groups is 1. The lowest BCUT2D eigenvalue weighted by Crippen LogP contribution is -2.48. The predicted molar refractivity (Wildman–Crippen MR) is 122 cm³/mol. The summed E-state index contributed by atoms with van der Waals surface area (Å²) in [5.74, 6) is 2.11. The summed E-state index contributed by atoms with van der Waals surface area (Å²) in [7, 11) is 2.28. The van der Waals surface area contributed by atoms with E-state index in [2.05, 4.69) is 48.3 Å². The maximum Gasteiger partial charge on any atom is 0.133 e.